The number of nitrogens with one attached hydrogen (secondary N) is 3. The van der Waals surface area contributed by atoms with Crippen LogP contribution in [0.2, 0.25) is 0 Å². The van der Waals surface area contributed by atoms with Crippen molar-refractivity contribution in [2.24, 2.45) is 0 Å². The highest BCUT2D eigenvalue weighted by Crippen LogP contribution is 2.37. The number of carbonyl (C=O) groups excluding carboxylic acids is 3. The average molecular weight is 664 g/mol. The van der Waals surface area contributed by atoms with E-state index in [-0.39, 0.29) is 11.6 Å². The molecule has 3 N–H and O–H groups in total. The van der Waals surface area contributed by atoms with E-state index in [9.17, 15) is 14.4 Å². The third kappa shape index (κ3) is 8.62. The summed E-state index contributed by atoms with van der Waals surface area (Å²) in [5.41, 5.74) is 3.19. The molecule has 6 rings (SSSR count). The Balaban J connectivity index is 1.23. The molecular formula is C41H33N3O4S. The standard InChI is InChI=1S/C41H33N3O4S/c1-48-35-20-10-12-28(24-35)25-37(44-39(45)31-16-6-3-7-17-31)40(46)42-33-19-11-21-36(27-33)49-38(30-14-4-2-5-15-30)41(47)43-34-23-22-29-13-8-9-18-32(29)26-34/h2-27,38H,1H3,(H,42,46)(H,43,47)(H,44,45)/b37-25-. The van der Waals surface area contributed by atoms with E-state index in [1.165, 1.54) is 11.8 Å². The lowest BCUT2D eigenvalue weighted by Crippen LogP contribution is -2.30. The van der Waals surface area contributed by atoms with E-state index in [0.29, 0.717) is 28.3 Å². The molecule has 0 saturated carbocycles. The molecule has 0 aliphatic rings. The van der Waals surface area contributed by atoms with Gasteiger partial charge in [0.25, 0.3) is 11.8 Å². The molecule has 6 aromatic rings. The normalized spacial score (nSPS) is 11.7. The Hall–Kier alpha value is -6.12. The van der Waals surface area contributed by atoms with E-state index < -0.39 is 17.1 Å². The largest absolute Gasteiger partial charge is 0.497 e. The first-order chi connectivity index (χ1) is 23.9. The number of hydrogen-bond acceptors (Lipinski definition) is 5. The van der Waals surface area contributed by atoms with Gasteiger partial charge in [-0.15, -0.1) is 11.8 Å². The molecule has 0 spiro atoms. The molecule has 49 heavy (non-hydrogen) atoms. The molecule has 3 amide bonds. The Morgan fingerprint density at radius 2 is 1.35 bits per heavy atom. The predicted octanol–water partition coefficient (Wildman–Crippen LogP) is 8.73. The molecular weight excluding hydrogens is 631 g/mol. The summed E-state index contributed by atoms with van der Waals surface area (Å²) < 4.78 is 5.34. The molecule has 0 bridgehead atoms. The number of benzene rings is 6. The summed E-state index contributed by atoms with van der Waals surface area (Å²) in [5.74, 6) is -0.487. The quantitative estimate of drug-likeness (QED) is 0.0952. The van der Waals surface area contributed by atoms with E-state index in [1.54, 1.807) is 61.7 Å². The summed E-state index contributed by atoms with van der Waals surface area (Å²) in [6.45, 7) is 0. The first-order valence-electron chi connectivity index (χ1n) is 15.6. The van der Waals surface area contributed by atoms with Crippen LogP contribution in [-0.2, 0) is 9.59 Å². The van der Waals surface area contributed by atoms with E-state index in [2.05, 4.69) is 16.0 Å². The third-order valence-electron chi connectivity index (χ3n) is 7.64. The van der Waals surface area contributed by atoms with Crippen molar-refractivity contribution in [2.75, 3.05) is 17.7 Å². The molecule has 1 unspecified atom stereocenters. The summed E-state index contributed by atoms with van der Waals surface area (Å²) >= 11 is 1.38. The van der Waals surface area contributed by atoms with Crippen LogP contribution in [0.25, 0.3) is 16.8 Å². The maximum Gasteiger partial charge on any atom is 0.272 e. The minimum atomic E-state index is -0.577. The fraction of sp³-hybridized carbons (Fsp3) is 0.0488. The zero-order valence-corrected chi connectivity index (χ0v) is 27.4. The van der Waals surface area contributed by atoms with Gasteiger partial charge < -0.3 is 20.7 Å². The van der Waals surface area contributed by atoms with E-state index in [4.69, 9.17) is 4.74 Å². The van der Waals surface area contributed by atoms with Gasteiger partial charge in [-0.1, -0.05) is 97.1 Å². The van der Waals surface area contributed by atoms with Gasteiger partial charge in [-0.25, -0.2) is 0 Å². The number of carbonyl (C=O) groups is 3. The molecule has 0 aliphatic carbocycles. The van der Waals surface area contributed by atoms with E-state index >= 15 is 0 Å². The number of fused-ring (bicyclic) bond motifs is 1. The highest BCUT2D eigenvalue weighted by atomic mass is 32.2. The van der Waals surface area contributed by atoms with Gasteiger partial charge in [-0.05, 0) is 82.6 Å². The van der Waals surface area contributed by atoms with E-state index in [1.807, 2.05) is 103 Å². The van der Waals surface area contributed by atoms with Gasteiger partial charge in [0.15, 0.2) is 0 Å². The number of ether oxygens (including phenoxy) is 1. The molecule has 0 heterocycles. The molecule has 1 atom stereocenters. The van der Waals surface area contributed by atoms with Crippen LogP contribution in [-0.4, -0.2) is 24.8 Å². The van der Waals surface area contributed by atoms with Crippen molar-refractivity contribution in [1.29, 1.82) is 0 Å². The number of methoxy groups -OCH3 is 1. The number of anilines is 2. The van der Waals surface area contributed by atoms with Crippen LogP contribution < -0.4 is 20.7 Å². The Morgan fingerprint density at radius 1 is 0.653 bits per heavy atom. The summed E-state index contributed by atoms with van der Waals surface area (Å²) in [6.07, 6.45) is 1.60. The Morgan fingerprint density at radius 3 is 2.12 bits per heavy atom. The second-order valence-corrected chi connectivity index (χ2v) is 12.3. The van der Waals surface area contributed by atoms with Crippen molar-refractivity contribution >= 4 is 57.7 Å². The van der Waals surface area contributed by atoms with Crippen LogP contribution in [0.3, 0.4) is 0 Å². The highest BCUT2D eigenvalue weighted by molar-refractivity contribution is 8.00. The second-order valence-electron chi connectivity index (χ2n) is 11.1. The van der Waals surface area contributed by atoms with Crippen molar-refractivity contribution < 1.29 is 19.1 Å². The molecule has 8 heteroatoms. The van der Waals surface area contributed by atoms with Crippen LogP contribution in [0.5, 0.6) is 5.75 Å². The van der Waals surface area contributed by atoms with E-state index in [0.717, 1.165) is 21.2 Å². The smallest absolute Gasteiger partial charge is 0.272 e. The lowest BCUT2D eigenvalue weighted by molar-refractivity contribution is -0.116. The van der Waals surface area contributed by atoms with Crippen molar-refractivity contribution in [3.05, 3.63) is 174 Å². The average Bonchev–Trinajstić information content (AvgIpc) is 3.14. The van der Waals surface area contributed by atoms with Crippen LogP contribution in [0.1, 0.15) is 26.7 Å². The first kappa shape index (κ1) is 32.8. The summed E-state index contributed by atoms with van der Waals surface area (Å²) in [6, 6.07) is 46.6. The van der Waals surface area contributed by atoms with Crippen LogP contribution in [0.4, 0.5) is 11.4 Å². The second kappa shape index (κ2) is 15.6. The predicted molar refractivity (Wildman–Crippen MR) is 198 cm³/mol. The molecule has 242 valence electrons. The molecule has 7 nitrogen and oxygen atoms in total. The monoisotopic (exact) mass is 663 g/mol. The van der Waals surface area contributed by atoms with Gasteiger partial charge >= 0.3 is 0 Å². The lowest BCUT2D eigenvalue weighted by atomic mass is 10.1. The number of amides is 3. The summed E-state index contributed by atoms with van der Waals surface area (Å²) in [7, 11) is 1.56. The minimum Gasteiger partial charge on any atom is -0.497 e. The molecule has 0 saturated heterocycles. The molecule has 0 fully saturated rings. The first-order valence-corrected chi connectivity index (χ1v) is 16.5. The maximum atomic E-state index is 13.8. The zero-order valence-electron chi connectivity index (χ0n) is 26.6. The van der Waals surface area contributed by atoms with Crippen LogP contribution >= 0.6 is 11.8 Å². The minimum absolute atomic E-state index is 0.0529. The van der Waals surface area contributed by atoms with Crippen molar-refractivity contribution in [3.63, 3.8) is 0 Å². The maximum absolute atomic E-state index is 13.8. The Labute approximate surface area is 289 Å². The molecule has 6 aromatic carbocycles. The third-order valence-corrected chi connectivity index (χ3v) is 8.88. The number of rotatable bonds is 11. The van der Waals surface area contributed by atoms with Gasteiger partial charge in [-0.3, -0.25) is 14.4 Å². The van der Waals surface area contributed by atoms with Crippen LogP contribution in [0.15, 0.2) is 162 Å². The van der Waals surface area contributed by atoms with Gasteiger partial charge in [0.05, 0.1) is 7.11 Å². The van der Waals surface area contributed by atoms with Crippen molar-refractivity contribution in [3.8, 4) is 5.75 Å². The van der Waals surface area contributed by atoms with Crippen LogP contribution in [0, 0.1) is 0 Å². The highest BCUT2D eigenvalue weighted by Gasteiger charge is 2.23. The molecule has 0 aliphatic heterocycles. The number of hydrogen-bond donors (Lipinski definition) is 3. The fourth-order valence-corrected chi connectivity index (χ4v) is 6.28. The van der Waals surface area contributed by atoms with Crippen molar-refractivity contribution in [2.45, 2.75) is 10.1 Å². The SMILES string of the molecule is COc1cccc(/C=C(\NC(=O)c2ccccc2)C(=O)Nc2cccc(SC(C(=O)Nc3ccc4ccccc4c3)c3ccccc3)c2)c1. The van der Waals surface area contributed by atoms with Gasteiger partial charge in [-0.2, -0.15) is 0 Å². The van der Waals surface area contributed by atoms with Gasteiger partial charge in [0.1, 0.15) is 16.7 Å². The topological polar surface area (TPSA) is 96.5 Å². The van der Waals surface area contributed by atoms with Gasteiger partial charge in [0, 0.05) is 21.8 Å². The fourth-order valence-electron chi connectivity index (χ4n) is 5.20. The number of thioether (sulfide) groups is 1. The lowest BCUT2D eigenvalue weighted by Gasteiger charge is -2.18. The van der Waals surface area contributed by atoms with Gasteiger partial charge in [0.2, 0.25) is 5.91 Å². The summed E-state index contributed by atoms with van der Waals surface area (Å²) in [4.78, 5) is 41.4. The molecule has 0 radical (unpaired) electrons. The van der Waals surface area contributed by atoms with Crippen molar-refractivity contribution in [1.82, 2.24) is 5.32 Å². The molecule has 0 aromatic heterocycles. The Kier molecular flexibility index (Phi) is 10.5. The Bertz CT molecular complexity index is 2130. The summed E-state index contributed by atoms with van der Waals surface area (Å²) in [5, 5.41) is 10.3. The zero-order chi connectivity index (χ0) is 34.0.